The molecule has 0 saturated carbocycles. The summed E-state index contributed by atoms with van der Waals surface area (Å²) in [4.78, 5) is 11.0. The lowest BCUT2D eigenvalue weighted by molar-refractivity contribution is 0.0691. The van der Waals surface area contributed by atoms with E-state index in [0.29, 0.717) is 23.3 Å². The fourth-order valence-corrected chi connectivity index (χ4v) is 1.97. The molecule has 0 spiro atoms. The number of rotatable bonds is 4. The van der Waals surface area contributed by atoms with Crippen molar-refractivity contribution in [3.05, 3.63) is 53.3 Å². The van der Waals surface area contributed by atoms with Crippen LogP contribution in [0.25, 0.3) is 11.1 Å². The molecule has 0 bridgehead atoms. The van der Waals surface area contributed by atoms with E-state index in [2.05, 4.69) is 0 Å². The first-order chi connectivity index (χ1) is 10.1. The Bertz CT molecular complexity index is 735. The summed E-state index contributed by atoms with van der Waals surface area (Å²) in [6.07, 6.45) is 0. The summed E-state index contributed by atoms with van der Waals surface area (Å²) in [6.45, 7) is 2.06. The van der Waals surface area contributed by atoms with Crippen molar-refractivity contribution in [2.75, 3.05) is 6.61 Å². The van der Waals surface area contributed by atoms with Crippen molar-refractivity contribution in [3.8, 4) is 22.9 Å². The van der Waals surface area contributed by atoms with Crippen molar-refractivity contribution < 1.29 is 19.0 Å². The van der Waals surface area contributed by atoms with Crippen molar-refractivity contribution in [1.29, 1.82) is 5.26 Å². The second-order valence-electron chi connectivity index (χ2n) is 4.26. The monoisotopic (exact) mass is 285 g/mol. The van der Waals surface area contributed by atoms with Gasteiger partial charge in [0.15, 0.2) is 0 Å². The van der Waals surface area contributed by atoms with Gasteiger partial charge in [0.05, 0.1) is 23.8 Å². The molecule has 0 aliphatic carbocycles. The number of nitriles is 1. The lowest BCUT2D eigenvalue weighted by atomic mass is 10.0. The third kappa shape index (κ3) is 3.00. The lowest BCUT2D eigenvalue weighted by Gasteiger charge is -2.12. The highest BCUT2D eigenvalue weighted by molar-refractivity contribution is 5.90. The maximum absolute atomic E-state index is 13.9. The maximum Gasteiger partial charge on any atom is 0.338 e. The van der Waals surface area contributed by atoms with Crippen LogP contribution in [0.2, 0.25) is 0 Å². The van der Waals surface area contributed by atoms with Gasteiger partial charge in [0.1, 0.15) is 11.6 Å². The summed E-state index contributed by atoms with van der Waals surface area (Å²) in [6, 6.07) is 10.9. The predicted molar refractivity (Wildman–Crippen MR) is 74.7 cm³/mol. The molecule has 106 valence electrons. The Morgan fingerprint density at radius 1 is 1.38 bits per heavy atom. The zero-order chi connectivity index (χ0) is 15.4. The van der Waals surface area contributed by atoms with E-state index >= 15 is 0 Å². The van der Waals surface area contributed by atoms with Crippen LogP contribution in [-0.4, -0.2) is 17.7 Å². The third-order valence-corrected chi connectivity index (χ3v) is 2.90. The molecule has 2 aromatic carbocycles. The summed E-state index contributed by atoms with van der Waals surface area (Å²) in [7, 11) is 0. The number of carboxylic acid groups (broad SMARTS) is 1. The zero-order valence-electron chi connectivity index (χ0n) is 11.3. The molecule has 21 heavy (non-hydrogen) atoms. The number of nitrogens with zero attached hydrogens (tertiary/aromatic N) is 1. The molecule has 0 fully saturated rings. The molecule has 0 aromatic heterocycles. The van der Waals surface area contributed by atoms with Crippen molar-refractivity contribution in [3.63, 3.8) is 0 Å². The van der Waals surface area contributed by atoms with Gasteiger partial charge >= 0.3 is 5.97 Å². The standard InChI is InChI=1S/C16H12FNO3/c1-2-21-15-8-13(16(19)20)14(17)7-12(15)11-5-3-4-10(6-11)9-18/h3-8H,2H2,1H3,(H,19,20). The van der Waals surface area contributed by atoms with Crippen LogP contribution >= 0.6 is 0 Å². The van der Waals surface area contributed by atoms with Crippen molar-refractivity contribution in [2.45, 2.75) is 6.92 Å². The Labute approximate surface area is 121 Å². The highest BCUT2D eigenvalue weighted by atomic mass is 19.1. The molecule has 0 radical (unpaired) electrons. The van der Waals surface area contributed by atoms with Crippen LogP contribution in [0.5, 0.6) is 5.75 Å². The van der Waals surface area contributed by atoms with Gasteiger partial charge in [0, 0.05) is 5.56 Å². The SMILES string of the molecule is CCOc1cc(C(=O)O)c(F)cc1-c1cccc(C#N)c1. The highest BCUT2D eigenvalue weighted by Crippen LogP contribution is 2.33. The van der Waals surface area contributed by atoms with Crippen LogP contribution in [0.1, 0.15) is 22.8 Å². The molecular weight excluding hydrogens is 273 g/mol. The second kappa shape index (κ2) is 6.06. The van der Waals surface area contributed by atoms with Crippen LogP contribution < -0.4 is 4.74 Å². The van der Waals surface area contributed by atoms with Gasteiger partial charge in [-0.2, -0.15) is 5.26 Å². The zero-order valence-corrected chi connectivity index (χ0v) is 11.3. The van der Waals surface area contributed by atoms with Crippen molar-refractivity contribution in [1.82, 2.24) is 0 Å². The molecule has 4 nitrogen and oxygen atoms in total. The van der Waals surface area contributed by atoms with E-state index < -0.39 is 17.3 Å². The van der Waals surface area contributed by atoms with Crippen LogP contribution in [0, 0.1) is 17.1 Å². The van der Waals surface area contributed by atoms with Crippen LogP contribution in [-0.2, 0) is 0 Å². The molecule has 0 aliphatic heterocycles. The topological polar surface area (TPSA) is 70.3 Å². The average molecular weight is 285 g/mol. The van der Waals surface area contributed by atoms with Gasteiger partial charge in [0.25, 0.3) is 0 Å². The van der Waals surface area contributed by atoms with E-state index in [1.54, 1.807) is 31.2 Å². The number of hydrogen-bond acceptors (Lipinski definition) is 3. The van der Waals surface area contributed by atoms with E-state index in [4.69, 9.17) is 15.1 Å². The number of aromatic carboxylic acids is 1. The fraction of sp³-hybridized carbons (Fsp3) is 0.125. The minimum Gasteiger partial charge on any atom is -0.493 e. The summed E-state index contributed by atoms with van der Waals surface area (Å²) in [5.74, 6) is -1.93. The predicted octanol–water partition coefficient (Wildman–Crippen LogP) is 3.46. The average Bonchev–Trinajstić information content (AvgIpc) is 2.48. The number of halogens is 1. The summed E-state index contributed by atoms with van der Waals surface area (Å²) in [5.41, 5.74) is 0.987. The molecule has 5 heteroatoms. The normalized spacial score (nSPS) is 9.95. The van der Waals surface area contributed by atoms with Crippen LogP contribution in [0.4, 0.5) is 4.39 Å². The van der Waals surface area contributed by atoms with Gasteiger partial charge in [-0.15, -0.1) is 0 Å². The van der Waals surface area contributed by atoms with Gasteiger partial charge in [-0.3, -0.25) is 0 Å². The molecule has 2 aromatic rings. The number of carboxylic acids is 1. The second-order valence-corrected chi connectivity index (χ2v) is 4.26. The molecule has 0 atom stereocenters. The van der Waals surface area contributed by atoms with E-state index in [-0.39, 0.29) is 5.75 Å². The van der Waals surface area contributed by atoms with Gasteiger partial charge in [-0.25, -0.2) is 9.18 Å². The molecular formula is C16H12FNO3. The molecule has 0 saturated heterocycles. The minimum absolute atomic E-state index is 0.270. The van der Waals surface area contributed by atoms with Gasteiger partial charge in [-0.05, 0) is 36.8 Å². The smallest absolute Gasteiger partial charge is 0.338 e. The molecule has 0 aliphatic rings. The first kappa shape index (κ1) is 14.5. The third-order valence-electron chi connectivity index (χ3n) is 2.90. The van der Waals surface area contributed by atoms with Gasteiger partial charge in [-0.1, -0.05) is 12.1 Å². The van der Waals surface area contributed by atoms with Gasteiger partial charge in [0.2, 0.25) is 0 Å². The molecule has 0 heterocycles. The first-order valence-corrected chi connectivity index (χ1v) is 6.27. The van der Waals surface area contributed by atoms with E-state index in [1.807, 2.05) is 6.07 Å². The molecule has 1 N–H and O–H groups in total. The minimum atomic E-state index is -1.36. The number of ether oxygens (including phenoxy) is 1. The molecule has 0 unspecified atom stereocenters. The maximum atomic E-state index is 13.9. The Hall–Kier alpha value is -2.87. The van der Waals surface area contributed by atoms with Crippen molar-refractivity contribution in [2.24, 2.45) is 0 Å². The molecule has 2 rings (SSSR count). The number of carbonyl (C=O) groups is 1. The van der Waals surface area contributed by atoms with E-state index in [9.17, 15) is 9.18 Å². The van der Waals surface area contributed by atoms with Crippen molar-refractivity contribution >= 4 is 5.97 Å². The fourth-order valence-electron chi connectivity index (χ4n) is 1.97. The Balaban J connectivity index is 2.64. The Morgan fingerprint density at radius 3 is 2.76 bits per heavy atom. The van der Waals surface area contributed by atoms with Crippen LogP contribution in [0.15, 0.2) is 36.4 Å². The number of benzene rings is 2. The van der Waals surface area contributed by atoms with E-state index in [1.165, 1.54) is 0 Å². The Kier molecular flexibility index (Phi) is 4.19. The molecule has 0 amide bonds. The lowest BCUT2D eigenvalue weighted by Crippen LogP contribution is -2.03. The van der Waals surface area contributed by atoms with Gasteiger partial charge < -0.3 is 9.84 Å². The largest absolute Gasteiger partial charge is 0.493 e. The summed E-state index contributed by atoms with van der Waals surface area (Å²) in [5, 5.41) is 17.9. The Morgan fingerprint density at radius 2 is 2.14 bits per heavy atom. The number of hydrogen-bond donors (Lipinski definition) is 1. The summed E-state index contributed by atoms with van der Waals surface area (Å²) >= 11 is 0. The highest BCUT2D eigenvalue weighted by Gasteiger charge is 2.17. The van der Waals surface area contributed by atoms with Crippen LogP contribution in [0.3, 0.4) is 0 Å². The quantitative estimate of drug-likeness (QED) is 0.933. The van der Waals surface area contributed by atoms with E-state index in [0.717, 1.165) is 12.1 Å². The summed E-state index contributed by atoms with van der Waals surface area (Å²) < 4.78 is 19.3. The first-order valence-electron chi connectivity index (χ1n) is 6.27.